The van der Waals surface area contributed by atoms with Gasteiger partial charge in [0.05, 0.1) is 16.8 Å². The van der Waals surface area contributed by atoms with Crippen molar-refractivity contribution in [1.82, 2.24) is 0 Å². The summed E-state index contributed by atoms with van der Waals surface area (Å²) in [7, 11) is 0. The Morgan fingerprint density at radius 2 is 1.44 bits per heavy atom. The van der Waals surface area contributed by atoms with Gasteiger partial charge in [-0.3, -0.25) is 9.59 Å². The fourth-order valence-electron chi connectivity index (χ4n) is 2.69. The fraction of sp³-hybridized carbons (Fsp3) is 0.0526. The average Bonchev–Trinajstić information content (AvgIpc) is 2.61. The third kappa shape index (κ3) is 2.52. The predicted octanol–water partition coefficient (Wildman–Crippen LogP) is 3.04. The number of nitrogens with two attached hydrogens (primary N) is 1. The number of anilines is 3. The summed E-state index contributed by atoms with van der Waals surface area (Å²) in [5, 5.41) is 21.4. The minimum atomic E-state index is -0.710. The number of benzene rings is 2. The second-order valence-electron chi connectivity index (χ2n) is 5.58. The zero-order valence-corrected chi connectivity index (χ0v) is 13.3. The number of hydrogen-bond acceptors (Lipinski definition) is 6. The van der Waals surface area contributed by atoms with Crippen molar-refractivity contribution >= 4 is 28.6 Å². The third-order valence-corrected chi connectivity index (χ3v) is 3.95. The highest BCUT2D eigenvalue weighted by molar-refractivity contribution is 6.33. The molecule has 0 unspecified atom stereocenters. The van der Waals surface area contributed by atoms with Crippen LogP contribution in [0.3, 0.4) is 0 Å². The normalized spacial score (nSPS) is 13.1. The smallest absolute Gasteiger partial charge is 0.207 e. The summed E-state index contributed by atoms with van der Waals surface area (Å²) in [5.74, 6) is -1.39. The minimum absolute atomic E-state index is 0.0149. The first-order valence-electron chi connectivity index (χ1n) is 7.38. The Morgan fingerprint density at radius 3 is 2.00 bits per heavy atom. The van der Waals surface area contributed by atoms with E-state index >= 15 is 0 Å². The molecule has 0 saturated carbocycles. The van der Waals surface area contributed by atoms with Crippen LogP contribution in [-0.2, 0) is 0 Å². The summed E-state index contributed by atoms with van der Waals surface area (Å²) in [6, 6.07) is 13.8. The van der Waals surface area contributed by atoms with Crippen molar-refractivity contribution in [2.75, 3.05) is 11.1 Å². The van der Waals surface area contributed by atoms with E-state index < -0.39 is 22.7 Å². The van der Waals surface area contributed by atoms with Gasteiger partial charge in [-0.2, -0.15) is 10.5 Å². The summed E-state index contributed by atoms with van der Waals surface area (Å²) >= 11 is 0. The number of aryl methyl sites for hydroxylation is 1. The summed E-state index contributed by atoms with van der Waals surface area (Å²) in [4.78, 5) is 25.2. The van der Waals surface area contributed by atoms with E-state index in [2.05, 4.69) is 5.32 Å². The lowest BCUT2D eigenvalue weighted by atomic mass is 9.83. The van der Waals surface area contributed by atoms with Crippen molar-refractivity contribution < 1.29 is 9.59 Å². The number of allylic oxidation sites excluding steroid dienone is 2. The molecule has 6 heteroatoms. The average molecular weight is 328 g/mol. The molecular weight excluding hydrogens is 316 g/mol. The van der Waals surface area contributed by atoms with Crippen LogP contribution in [-0.4, -0.2) is 11.6 Å². The van der Waals surface area contributed by atoms with Crippen molar-refractivity contribution in [3.8, 4) is 12.1 Å². The van der Waals surface area contributed by atoms with E-state index in [-0.39, 0.29) is 16.8 Å². The lowest BCUT2D eigenvalue weighted by molar-refractivity contribution is 0.0983. The maximum absolute atomic E-state index is 12.7. The molecule has 0 bridgehead atoms. The van der Waals surface area contributed by atoms with Crippen LogP contribution in [0.5, 0.6) is 0 Å². The van der Waals surface area contributed by atoms with Gasteiger partial charge < -0.3 is 11.1 Å². The first-order valence-corrected chi connectivity index (χ1v) is 7.38. The van der Waals surface area contributed by atoms with Gasteiger partial charge in [0.15, 0.2) is 0 Å². The van der Waals surface area contributed by atoms with Crippen LogP contribution in [0.15, 0.2) is 47.5 Å². The van der Waals surface area contributed by atoms with E-state index in [0.717, 1.165) is 5.56 Å². The molecule has 3 N–H and O–H groups in total. The number of hydrogen-bond donors (Lipinski definition) is 2. The Bertz CT molecular complexity index is 1030. The van der Waals surface area contributed by atoms with Gasteiger partial charge in [-0.05, 0) is 31.2 Å². The van der Waals surface area contributed by atoms with Crippen LogP contribution >= 0.6 is 0 Å². The largest absolute Gasteiger partial charge is 0.398 e. The Kier molecular flexibility index (Phi) is 3.80. The van der Waals surface area contributed by atoms with Crippen LogP contribution < -0.4 is 11.1 Å². The molecule has 0 aromatic heterocycles. The number of rotatable bonds is 2. The Balaban J connectivity index is 2.20. The van der Waals surface area contributed by atoms with Gasteiger partial charge >= 0.3 is 0 Å². The van der Waals surface area contributed by atoms with E-state index in [4.69, 9.17) is 11.0 Å². The monoisotopic (exact) mass is 328 g/mol. The van der Waals surface area contributed by atoms with Crippen molar-refractivity contribution in [2.24, 2.45) is 0 Å². The summed E-state index contributed by atoms with van der Waals surface area (Å²) in [6.45, 7) is 1.95. The van der Waals surface area contributed by atoms with Gasteiger partial charge in [-0.25, -0.2) is 0 Å². The molecule has 0 aliphatic heterocycles. The molecule has 2 aromatic carbocycles. The molecule has 0 saturated heterocycles. The number of nitrogen functional groups attached to an aromatic ring is 1. The topological polar surface area (TPSA) is 120 Å². The number of nitrogens with one attached hydrogen (secondary N) is 1. The Morgan fingerprint density at radius 1 is 0.880 bits per heavy atom. The first kappa shape index (κ1) is 16.0. The van der Waals surface area contributed by atoms with Crippen molar-refractivity contribution in [1.29, 1.82) is 10.5 Å². The first-order chi connectivity index (χ1) is 12.0. The zero-order valence-electron chi connectivity index (χ0n) is 13.3. The van der Waals surface area contributed by atoms with Crippen LogP contribution in [0.2, 0.25) is 0 Å². The lowest BCUT2D eigenvalue weighted by Gasteiger charge is -2.20. The molecule has 0 atom stereocenters. The molecule has 0 amide bonds. The number of carbonyl (C=O) groups excluding carboxylic acids is 2. The van der Waals surface area contributed by atoms with Gasteiger partial charge in [0.2, 0.25) is 11.6 Å². The molecule has 120 valence electrons. The summed E-state index contributed by atoms with van der Waals surface area (Å²) in [5.41, 5.74) is 7.14. The molecule has 1 aliphatic carbocycles. The Hall–Kier alpha value is -3.90. The zero-order chi connectivity index (χ0) is 18.1. The highest BCUT2D eigenvalue weighted by Gasteiger charge is 2.36. The number of carbonyl (C=O) groups is 2. The second kappa shape index (κ2) is 5.95. The number of Topliss-reactive ketones (excluding diaryl/α,β-unsaturated/α-hetero) is 2. The van der Waals surface area contributed by atoms with E-state index in [0.29, 0.717) is 11.4 Å². The predicted molar refractivity (Wildman–Crippen MR) is 92.2 cm³/mol. The van der Waals surface area contributed by atoms with E-state index in [9.17, 15) is 14.9 Å². The molecule has 2 aromatic rings. The quantitative estimate of drug-likeness (QED) is 0.818. The van der Waals surface area contributed by atoms with Gasteiger partial charge in [0.1, 0.15) is 23.3 Å². The SMILES string of the molecule is Cc1ccc(Nc2ccc(N)c3c2C(=O)C(C#N)=C(C#N)C3=O)cc1. The molecule has 0 radical (unpaired) electrons. The number of nitriles is 2. The second-order valence-corrected chi connectivity index (χ2v) is 5.58. The van der Waals surface area contributed by atoms with Crippen molar-refractivity contribution in [2.45, 2.75) is 6.92 Å². The lowest BCUT2D eigenvalue weighted by Crippen LogP contribution is -2.23. The summed E-state index contributed by atoms with van der Waals surface area (Å²) < 4.78 is 0. The highest BCUT2D eigenvalue weighted by Crippen LogP contribution is 2.35. The highest BCUT2D eigenvalue weighted by atomic mass is 16.1. The van der Waals surface area contributed by atoms with Gasteiger partial charge in [0.25, 0.3) is 0 Å². The van der Waals surface area contributed by atoms with E-state index in [1.807, 2.05) is 31.2 Å². The number of fused-ring (bicyclic) bond motifs is 1. The van der Waals surface area contributed by atoms with Crippen LogP contribution in [0, 0.1) is 29.6 Å². The third-order valence-electron chi connectivity index (χ3n) is 3.95. The molecule has 0 spiro atoms. The van der Waals surface area contributed by atoms with Crippen LogP contribution in [0.4, 0.5) is 17.1 Å². The number of nitrogens with zero attached hydrogens (tertiary/aromatic N) is 2. The maximum Gasteiger partial charge on any atom is 0.207 e. The fourth-order valence-corrected chi connectivity index (χ4v) is 2.69. The molecule has 3 rings (SSSR count). The molecule has 6 nitrogen and oxygen atoms in total. The molecular formula is C19H12N4O2. The van der Waals surface area contributed by atoms with E-state index in [1.54, 1.807) is 18.2 Å². The van der Waals surface area contributed by atoms with Gasteiger partial charge in [-0.1, -0.05) is 17.7 Å². The Labute approximate surface area is 143 Å². The van der Waals surface area contributed by atoms with Crippen LogP contribution in [0.25, 0.3) is 0 Å². The minimum Gasteiger partial charge on any atom is -0.398 e. The van der Waals surface area contributed by atoms with Crippen LogP contribution in [0.1, 0.15) is 26.3 Å². The van der Waals surface area contributed by atoms with Gasteiger partial charge in [-0.15, -0.1) is 0 Å². The molecule has 1 aliphatic rings. The van der Waals surface area contributed by atoms with Crippen molar-refractivity contribution in [3.63, 3.8) is 0 Å². The summed E-state index contributed by atoms with van der Waals surface area (Å²) in [6.07, 6.45) is 0. The molecule has 25 heavy (non-hydrogen) atoms. The van der Waals surface area contributed by atoms with E-state index in [1.165, 1.54) is 6.07 Å². The standard InChI is InChI=1S/C19H12N4O2/c1-10-2-4-11(5-3-10)23-15-7-6-14(22)16-17(15)19(25)13(9-21)12(8-20)18(16)24/h2-7,23H,22H2,1H3. The molecule has 0 fully saturated rings. The molecule has 0 heterocycles. The van der Waals surface area contributed by atoms with Crippen molar-refractivity contribution in [3.05, 3.63) is 64.2 Å². The maximum atomic E-state index is 12.7. The van der Waals surface area contributed by atoms with Gasteiger partial charge in [0, 0.05) is 11.4 Å². The number of ketones is 2.